The van der Waals surface area contributed by atoms with Crippen molar-refractivity contribution in [1.82, 2.24) is 15.5 Å². The first-order valence-corrected chi connectivity index (χ1v) is 7.41. The highest BCUT2D eigenvalue weighted by molar-refractivity contribution is 14.0. The molecule has 5 nitrogen and oxygen atoms in total. The fourth-order valence-electron chi connectivity index (χ4n) is 1.63. The number of carbonyl (C=O) groups excluding carboxylic acids is 1. The quantitative estimate of drug-likeness (QED) is 0.304. The number of carbonyl (C=O) groups is 1. The summed E-state index contributed by atoms with van der Waals surface area (Å²) in [5.74, 6) is 0.185. The lowest BCUT2D eigenvalue weighted by Gasteiger charge is -2.15. The normalized spacial score (nSPS) is 10.6. The molecular weight excluding hydrogens is 422 g/mol. The standard InChI is InChI=1S/C17H25FN4O.HI/c1-12(2)9-19-17(21-11-16(23)22(4)5)20-10-14-7-6-13(3)15(18)8-14;/h6-8H,1,9-11H2,2-5H3,(H2,19,20,21);1H. The summed E-state index contributed by atoms with van der Waals surface area (Å²) in [5.41, 5.74) is 2.32. The molecule has 0 aliphatic rings. The number of likely N-dealkylation sites (N-methyl/N-ethyl adjacent to an activating group) is 1. The first-order chi connectivity index (χ1) is 10.8. The van der Waals surface area contributed by atoms with E-state index in [0.29, 0.717) is 24.6 Å². The van der Waals surface area contributed by atoms with Crippen molar-refractivity contribution in [2.75, 3.05) is 27.2 Å². The Morgan fingerprint density at radius 1 is 1.29 bits per heavy atom. The summed E-state index contributed by atoms with van der Waals surface area (Å²) in [4.78, 5) is 17.5. The van der Waals surface area contributed by atoms with Gasteiger partial charge in [0.2, 0.25) is 5.91 Å². The summed E-state index contributed by atoms with van der Waals surface area (Å²) < 4.78 is 13.6. The summed E-state index contributed by atoms with van der Waals surface area (Å²) in [6.07, 6.45) is 0. The molecule has 24 heavy (non-hydrogen) atoms. The van der Waals surface area contributed by atoms with Crippen LogP contribution in [0.2, 0.25) is 0 Å². The molecule has 1 aromatic rings. The Labute approximate surface area is 160 Å². The molecule has 1 amide bonds. The largest absolute Gasteiger partial charge is 0.353 e. The Bertz CT molecular complexity index is 602. The highest BCUT2D eigenvalue weighted by atomic mass is 127. The van der Waals surface area contributed by atoms with E-state index in [0.717, 1.165) is 11.1 Å². The van der Waals surface area contributed by atoms with Gasteiger partial charge in [-0.3, -0.25) is 4.79 Å². The van der Waals surface area contributed by atoms with E-state index in [1.165, 1.54) is 11.0 Å². The highest BCUT2D eigenvalue weighted by Gasteiger charge is 2.06. The molecule has 0 fully saturated rings. The predicted octanol–water partition coefficient (Wildman–Crippen LogP) is 2.45. The van der Waals surface area contributed by atoms with Crippen molar-refractivity contribution < 1.29 is 9.18 Å². The second kappa shape index (κ2) is 11.0. The van der Waals surface area contributed by atoms with Gasteiger partial charge in [0.05, 0.1) is 13.1 Å². The summed E-state index contributed by atoms with van der Waals surface area (Å²) >= 11 is 0. The van der Waals surface area contributed by atoms with Crippen molar-refractivity contribution in [3.05, 3.63) is 47.3 Å². The molecule has 0 aromatic heterocycles. The fourth-order valence-corrected chi connectivity index (χ4v) is 1.63. The second-order valence-electron chi connectivity index (χ2n) is 5.70. The number of benzene rings is 1. The van der Waals surface area contributed by atoms with Gasteiger partial charge >= 0.3 is 0 Å². The minimum atomic E-state index is -0.245. The van der Waals surface area contributed by atoms with Crippen molar-refractivity contribution in [1.29, 1.82) is 0 Å². The topological polar surface area (TPSA) is 56.7 Å². The summed E-state index contributed by atoms with van der Waals surface area (Å²) in [7, 11) is 3.38. The number of halogens is 2. The number of amides is 1. The zero-order valence-electron chi connectivity index (χ0n) is 14.6. The van der Waals surface area contributed by atoms with Gasteiger partial charge in [-0.1, -0.05) is 24.3 Å². The van der Waals surface area contributed by atoms with Gasteiger partial charge in [0.25, 0.3) is 0 Å². The Hall–Kier alpha value is -1.64. The monoisotopic (exact) mass is 448 g/mol. The van der Waals surface area contributed by atoms with Crippen molar-refractivity contribution in [3.63, 3.8) is 0 Å². The second-order valence-corrected chi connectivity index (χ2v) is 5.70. The van der Waals surface area contributed by atoms with Gasteiger partial charge in [-0.05, 0) is 31.0 Å². The summed E-state index contributed by atoms with van der Waals surface area (Å²) in [5, 5.41) is 6.05. The molecule has 0 unspecified atom stereocenters. The van der Waals surface area contributed by atoms with Gasteiger partial charge in [-0.15, -0.1) is 24.0 Å². The van der Waals surface area contributed by atoms with Crippen LogP contribution in [0.3, 0.4) is 0 Å². The number of aliphatic imine (C=N–C) groups is 1. The molecule has 0 heterocycles. The van der Waals surface area contributed by atoms with Gasteiger partial charge in [0.1, 0.15) is 5.82 Å². The number of nitrogens with one attached hydrogen (secondary N) is 2. The lowest BCUT2D eigenvalue weighted by Crippen LogP contribution is -2.43. The molecule has 7 heteroatoms. The van der Waals surface area contributed by atoms with E-state index < -0.39 is 0 Å². The number of hydrogen-bond donors (Lipinski definition) is 2. The van der Waals surface area contributed by atoms with Crippen molar-refractivity contribution in [3.8, 4) is 0 Å². The molecule has 1 aromatic carbocycles. The van der Waals surface area contributed by atoms with Gasteiger partial charge in [0, 0.05) is 20.6 Å². The number of hydrogen-bond acceptors (Lipinski definition) is 2. The molecule has 134 valence electrons. The average molecular weight is 448 g/mol. The third kappa shape index (κ3) is 8.28. The van der Waals surface area contributed by atoms with E-state index in [2.05, 4.69) is 22.2 Å². The number of aryl methyl sites for hydroxylation is 1. The highest BCUT2D eigenvalue weighted by Crippen LogP contribution is 2.09. The maximum absolute atomic E-state index is 13.6. The van der Waals surface area contributed by atoms with Crippen LogP contribution in [0.15, 0.2) is 35.3 Å². The van der Waals surface area contributed by atoms with E-state index >= 15 is 0 Å². The van der Waals surface area contributed by atoms with Crippen LogP contribution in [0.25, 0.3) is 0 Å². The predicted molar refractivity (Wildman–Crippen MR) is 107 cm³/mol. The van der Waals surface area contributed by atoms with Gasteiger partial charge < -0.3 is 15.5 Å². The molecule has 0 aliphatic heterocycles. The number of guanidine groups is 1. The summed E-state index contributed by atoms with van der Waals surface area (Å²) in [6.45, 7) is 8.43. The van der Waals surface area contributed by atoms with E-state index in [-0.39, 0.29) is 42.2 Å². The first-order valence-electron chi connectivity index (χ1n) is 7.41. The molecule has 0 bridgehead atoms. The fraction of sp³-hybridized carbons (Fsp3) is 0.412. The molecule has 0 radical (unpaired) electrons. The average Bonchev–Trinajstić information content (AvgIpc) is 2.49. The molecule has 0 saturated carbocycles. The van der Waals surface area contributed by atoms with Crippen LogP contribution in [0.1, 0.15) is 18.1 Å². The van der Waals surface area contributed by atoms with Crippen LogP contribution in [0.4, 0.5) is 4.39 Å². The molecule has 0 aliphatic carbocycles. The van der Waals surface area contributed by atoms with Crippen molar-refractivity contribution in [2.24, 2.45) is 4.99 Å². The lowest BCUT2D eigenvalue weighted by atomic mass is 10.1. The van der Waals surface area contributed by atoms with E-state index in [1.807, 2.05) is 13.0 Å². The van der Waals surface area contributed by atoms with Gasteiger partial charge in [-0.2, -0.15) is 0 Å². The zero-order valence-corrected chi connectivity index (χ0v) is 17.0. The minimum absolute atomic E-state index is 0. The van der Waals surface area contributed by atoms with Gasteiger partial charge in [-0.25, -0.2) is 9.38 Å². The summed E-state index contributed by atoms with van der Waals surface area (Å²) in [6, 6.07) is 5.04. The van der Waals surface area contributed by atoms with E-state index in [9.17, 15) is 9.18 Å². The van der Waals surface area contributed by atoms with Crippen molar-refractivity contribution in [2.45, 2.75) is 20.4 Å². The van der Waals surface area contributed by atoms with Crippen LogP contribution in [-0.2, 0) is 11.3 Å². The van der Waals surface area contributed by atoms with Crippen LogP contribution < -0.4 is 10.6 Å². The molecule has 0 atom stereocenters. The van der Waals surface area contributed by atoms with E-state index in [4.69, 9.17) is 0 Å². The Morgan fingerprint density at radius 3 is 2.46 bits per heavy atom. The zero-order chi connectivity index (χ0) is 17.4. The van der Waals surface area contributed by atoms with Crippen molar-refractivity contribution >= 4 is 35.8 Å². The molecule has 1 rings (SSSR count). The Kier molecular flexibility index (Phi) is 10.3. The molecule has 2 N–H and O–H groups in total. The maximum Gasteiger partial charge on any atom is 0.241 e. The van der Waals surface area contributed by atoms with Crippen LogP contribution >= 0.6 is 24.0 Å². The molecule has 0 saturated heterocycles. The van der Waals surface area contributed by atoms with Crippen LogP contribution in [-0.4, -0.2) is 44.0 Å². The smallest absolute Gasteiger partial charge is 0.241 e. The maximum atomic E-state index is 13.6. The van der Waals surface area contributed by atoms with E-state index in [1.54, 1.807) is 27.1 Å². The Balaban J connectivity index is 0.00000529. The first kappa shape index (κ1) is 22.4. The number of rotatable bonds is 6. The third-order valence-corrected chi connectivity index (χ3v) is 3.12. The van der Waals surface area contributed by atoms with Gasteiger partial charge in [0.15, 0.2) is 5.96 Å². The minimum Gasteiger partial charge on any atom is -0.353 e. The third-order valence-electron chi connectivity index (χ3n) is 3.12. The molecular formula is C17H26FIN4O. The SMILES string of the molecule is C=C(C)CNC(=NCc1ccc(C)c(F)c1)NCC(=O)N(C)C.I. The van der Waals surface area contributed by atoms with Crippen LogP contribution in [0.5, 0.6) is 0 Å². The lowest BCUT2D eigenvalue weighted by molar-refractivity contribution is -0.127. The Morgan fingerprint density at radius 2 is 1.92 bits per heavy atom. The van der Waals surface area contributed by atoms with Crippen LogP contribution in [0, 0.1) is 12.7 Å². The number of nitrogens with zero attached hydrogens (tertiary/aromatic N) is 2. The molecule has 0 spiro atoms.